The Kier molecular flexibility index (Phi) is 3.92. The van der Waals surface area contributed by atoms with Crippen molar-refractivity contribution in [1.82, 2.24) is 9.88 Å². The van der Waals surface area contributed by atoms with Gasteiger partial charge in [-0.15, -0.1) is 0 Å². The van der Waals surface area contributed by atoms with Crippen LogP contribution in [0.4, 0.5) is 0 Å². The molecule has 0 spiro atoms. The molecule has 1 saturated carbocycles. The second-order valence-electron chi connectivity index (χ2n) is 4.18. The van der Waals surface area contributed by atoms with E-state index >= 15 is 0 Å². The van der Waals surface area contributed by atoms with Gasteiger partial charge in [0, 0.05) is 12.2 Å². The third kappa shape index (κ3) is 3.06. The molecule has 0 N–H and O–H groups in total. The lowest BCUT2D eigenvalue weighted by Gasteiger charge is -2.20. The van der Waals surface area contributed by atoms with Crippen LogP contribution < -0.4 is 0 Å². The van der Waals surface area contributed by atoms with Gasteiger partial charge in [0.15, 0.2) is 0 Å². The molecule has 1 aromatic heterocycles. The first-order valence-electron chi connectivity index (χ1n) is 6.10. The highest BCUT2D eigenvalue weighted by atomic mass is 16.5. The van der Waals surface area contributed by atoms with Gasteiger partial charge in [-0.25, -0.2) is 0 Å². The Morgan fingerprint density at radius 3 is 2.78 bits per heavy atom. The zero-order valence-corrected chi connectivity index (χ0v) is 10.3. The first-order chi connectivity index (χ1) is 8.72. The van der Waals surface area contributed by atoms with E-state index in [-0.39, 0.29) is 24.5 Å². The Bertz CT molecular complexity index is 429. The van der Waals surface area contributed by atoms with Crippen LogP contribution >= 0.6 is 0 Å². The molecule has 0 aliphatic heterocycles. The zero-order chi connectivity index (χ0) is 13.0. The molecule has 18 heavy (non-hydrogen) atoms. The third-order valence-electron chi connectivity index (χ3n) is 2.74. The molecule has 1 amide bonds. The molecule has 0 atom stereocenters. The monoisotopic (exact) mass is 248 g/mol. The van der Waals surface area contributed by atoms with Crippen molar-refractivity contribution in [3.05, 3.63) is 30.1 Å². The van der Waals surface area contributed by atoms with Gasteiger partial charge in [0.2, 0.25) is 0 Å². The van der Waals surface area contributed by atoms with Crippen LogP contribution in [0.25, 0.3) is 0 Å². The minimum absolute atomic E-state index is 0.00785. The van der Waals surface area contributed by atoms with E-state index in [0.717, 1.165) is 12.8 Å². The lowest BCUT2D eigenvalue weighted by Crippen LogP contribution is -2.38. The summed E-state index contributed by atoms with van der Waals surface area (Å²) < 4.78 is 4.88. The third-order valence-corrected chi connectivity index (χ3v) is 2.74. The summed E-state index contributed by atoms with van der Waals surface area (Å²) in [6.45, 7) is 2.09. The number of rotatable bonds is 5. The minimum Gasteiger partial charge on any atom is -0.465 e. The fraction of sp³-hybridized carbons (Fsp3) is 0.462. The molecule has 0 aromatic carbocycles. The molecule has 1 aliphatic rings. The van der Waals surface area contributed by atoms with Crippen molar-refractivity contribution in [2.24, 2.45) is 0 Å². The summed E-state index contributed by atoms with van der Waals surface area (Å²) in [5.74, 6) is -0.570. The highest BCUT2D eigenvalue weighted by molar-refractivity contribution is 5.94. The van der Waals surface area contributed by atoms with Crippen molar-refractivity contribution in [2.45, 2.75) is 25.8 Å². The summed E-state index contributed by atoms with van der Waals surface area (Å²) in [5.41, 5.74) is 0.369. The van der Waals surface area contributed by atoms with Gasteiger partial charge in [-0.2, -0.15) is 0 Å². The molecule has 1 aliphatic carbocycles. The van der Waals surface area contributed by atoms with Crippen LogP contribution in [0.15, 0.2) is 24.4 Å². The topological polar surface area (TPSA) is 59.5 Å². The van der Waals surface area contributed by atoms with Gasteiger partial charge in [0.25, 0.3) is 5.91 Å². The molecule has 0 saturated heterocycles. The van der Waals surface area contributed by atoms with Gasteiger partial charge in [0.1, 0.15) is 12.2 Å². The van der Waals surface area contributed by atoms with Crippen LogP contribution in [0.5, 0.6) is 0 Å². The first-order valence-corrected chi connectivity index (χ1v) is 6.10. The Balaban J connectivity index is 2.06. The molecule has 5 heteroatoms. The molecular weight excluding hydrogens is 232 g/mol. The molecule has 1 aromatic rings. The molecule has 5 nitrogen and oxygen atoms in total. The fourth-order valence-corrected chi connectivity index (χ4v) is 1.74. The maximum absolute atomic E-state index is 12.2. The minimum atomic E-state index is -0.367. The Morgan fingerprint density at radius 1 is 1.44 bits per heavy atom. The normalized spacial score (nSPS) is 14.1. The molecule has 2 rings (SSSR count). The van der Waals surface area contributed by atoms with Crippen LogP contribution in [0, 0.1) is 0 Å². The smallest absolute Gasteiger partial charge is 0.325 e. The van der Waals surface area contributed by atoms with Crippen LogP contribution in [0.3, 0.4) is 0 Å². The summed E-state index contributed by atoms with van der Waals surface area (Å²) >= 11 is 0. The number of carbonyl (C=O) groups excluding carboxylic acids is 2. The van der Waals surface area contributed by atoms with E-state index in [1.807, 2.05) is 0 Å². The first kappa shape index (κ1) is 12.5. The van der Waals surface area contributed by atoms with Crippen molar-refractivity contribution in [3.8, 4) is 0 Å². The SMILES string of the molecule is CCOC(=O)CN(C(=O)c1ccccn1)C1CC1. The molecular formula is C13H16N2O3. The zero-order valence-electron chi connectivity index (χ0n) is 10.3. The lowest BCUT2D eigenvalue weighted by atomic mass is 10.3. The van der Waals surface area contributed by atoms with Gasteiger partial charge >= 0.3 is 5.97 Å². The number of nitrogens with zero attached hydrogens (tertiary/aromatic N) is 2. The highest BCUT2D eigenvalue weighted by Crippen LogP contribution is 2.27. The number of aromatic nitrogens is 1. The van der Waals surface area contributed by atoms with Crippen LogP contribution in [0.2, 0.25) is 0 Å². The van der Waals surface area contributed by atoms with E-state index in [9.17, 15) is 9.59 Å². The Hall–Kier alpha value is -1.91. The van der Waals surface area contributed by atoms with Gasteiger partial charge in [-0.1, -0.05) is 6.07 Å². The molecule has 0 radical (unpaired) electrons. The largest absolute Gasteiger partial charge is 0.465 e. The number of pyridine rings is 1. The van der Waals surface area contributed by atoms with Crippen LogP contribution in [-0.4, -0.2) is 41.0 Å². The predicted molar refractivity (Wildman–Crippen MR) is 64.9 cm³/mol. The van der Waals surface area contributed by atoms with Crippen molar-refractivity contribution >= 4 is 11.9 Å². The van der Waals surface area contributed by atoms with Crippen molar-refractivity contribution in [1.29, 1.82) is 0 Å². The van der Waals surface area contributed by atoms with Gasteiger partial charge < -0.3 is 9.64 Å². The fourth-order valence-electron chi connectivity index (χ4n) is 1.74. The summed E-state index contributed by atoms with van der Waals surface area (Å²) in [6, 6.07) is 5.33. The van der Waals surface area contributed by atoms with Crippen LogP contribution in [-0.2, 0) is 9.53 Å². The van der Waals surface area contributed by atoms with E-state index in [1.165, 1.54) is 0 Å². The second kappa shape index (κ2) is 5.62. The van der Waals surface area contributed by atoms with Crippen molar-refractivity contribution < 1.29 is 14.3 Å². The lowest BCUT2D eigenvalue weighted by molar-refractivity contribution is -0.144. The molecule has 0 unspecified atom stereocenters. The second-order valence-corrected chi connectivity index (χ2v) is 4.18. The van der Waals surface area contributed by atoms with E-state index in [0.29, 0.717) is 12.3 Å². The Morgan fingerprint density at radius 2 is 2.22 bits per heavy atom. The van der Waals surface area contributed by atoms with Crippen molar-refractivity contribution in [2.75, 3.05) is 13.2 Å². The van der Waals surface area contributed by atoms with E-state index in [4.69, 9.17) is 4.74 Å². The average molecular weight is 248 g/mol. The van der Waals surface area contributed by atoms with E-state index in [2.05, 4.69) is 4.98 Å². The number of hydrogen-bond acceptors (Lipinski definition) is 4. The van der Waals surface area contributed by atoms with Crippen LogP contribution in [0.1, 0.15) is 30.3 Å². The summed E-state index contributed by atoms with van der Waals surface area (Å²) in [7, 11) is 0. The number of carbonyl (C=O) groups is 2. The maximum Gasteiger partial charge on any atom is 0.325 e. The van der Waals surface area contributed by atoms with Crippen molar-refractivity contribution in [3.63, 3.8) is 0 Å². The number of ether oxygens (including phenoxy) is 1. The highest BCUT2D eigenvalue weighted by Gasteiger charge is 2.35. The Labute approximate surface area is 106 Å². The number of amides is 1. The number of hydrogen-bond donors (Lipinski definition) is 0. The van der Waals surface area contributed by atoms with E-state index in [1.54, 1.807) is 36.2 Å². The molecule has 96 valence electrons. The molecule has 1 fully saturated rings. The predicted octanol–water partition coefficient (Wildman–Crippen LogP) is 1.25. The van der Waals surface area contributed by atoms with Gasteiger partial charge in [-0.05, 0) is 31.9 Å². The van der Waals surface area contributed by atoms with E-state index < -0.39 is 0 Å². The standard InChI is InChI=1S/C13H16N2O3/c1-2-18-12(16)9-15(10-6-7-10)13(17)11-5-3-4-8-14-11/h3-5,8,10H,2,6-7,9H2,1H3. The average Bonchev–Trinajstić information content (AvgIpc) is 3.21. The summed E-state index contributed by atoms with van der Waals surface area (Å²) in [5, 5.41) is 0. The molecule has 1 heterocycles. The van der Waals surface area contributed by atoms with Gasteiger partial charge in [-0.3, -0.25) is 14.6 Å². The summed E-state index contributed by atoms with van der Waals surface area (Å²) in [6.07, 6.45) is 3.46. The maximum atomic E-state index is 12.2. The van der Waals surface area contributed by atoms with Gasteiger partial charge in [0.05, 0.1) is 6.61 Å². The quantitative estimate of drug-likeness (QED) is 0.736. The summed E-state index contributed by atoms with van der Waals surface area (Å²) in [4.78, 5) is 29.3. The number of esters is 1. The molecule has 0 bridgehead atoms.